The molecule has 1 unspecified atom stereocenters. The molecule has 10 nitrogen and oxygen atoms in total. The first kappa shape index (κ1) is 59.1. The van der Waals surface area contributed by atoms with Gasteiger partial charge in [-0.1, -0.05) is 162 Å². The Kier molecular flexibility index (Phi) is 46.0. The van der Waals surface area contributed by atoms with Crippen LogP contribution in [-0.2, 0) is 19.1 Å². The van der Waals surface area contributed by atoms with E-state index in [1.807, 2.05) is 14.1 Å². The van der Waals surface area contributed by atoms with Crippen molar-refractivity contribution in [2.24, 2.45) is 0 Å². The summed E-state index contributed by atoms with van der Waals surface area (Å²) in [6, 6.07) is 0. The normalized spacial score (nSPS) is 12.0. The quantitative estimate of drug-likeness (QED) is 0.0179. The zero-order chi connectivity index (χ0) is 44.7. The summed E-state index contributed by atoms with van der Waals surface area (Å²) in [5, 5.41) is 18.9. The van der Waals surface area contributed by atoms with Gasteiger partial charge in [-0.2, -0.15) is 5.26 Å². The lowest BCUT2D eigenvalue weighted by molar-refractivity contribution is -0.150. The molecular formula is C51H102N6O4. The number of esters is 2. The molecule has 0 heterocycles. The zero-order valence-corrected chi connectivity index (χ0v) is 41.1. The van der Waals surface area contributed by atoms with Crippen LogP contribution in [0.5, 0.6) is 0 Å². The van der Waals surface area contributed by atoms with E-state index in [-0.39, 0.29) is 24.3 Å². The first-order valence-corrected chi connectivity index (χ1v) is 26.2. The summed E-state index contributed by atoms with van der Waals surface area (Å²) in [5.74, 6) is -0.0161. The van der Waals surface area contributed by atoms with E-state index in [0.29, 0.717) is 19.4 Å². The summed E-state index contributed by atoms with van der Waals surface area (Å²) in [7, 11) is 4.10. The molecule has 0 aromatic heterocycles. The summed E-state index contributed by atoms with van der Waals surface area (Å²) >= 11 is 0. The van der Waals surface area contributed by atoms with Crippen molar-refractivity contribution >= 4 is 11.9 Å². The van der Waals surface area contributed by atoms with E-state index < -0.39 is 0 Å². The molecule has 0 rings (SSSR count). The highest BCUT2D eigenvalue weighted by Crippen LogP contribution is 2.19. The van der Waals surface area contributed by atoms with Crippen LogP contribution in [0.3, 0.4) is 0 Å². The van der Waals surface area contributed by atoms with Crippen LogP contribution in [-0.4, -0.2) is 94.1 Å². The molecule has 0 saturated heterocycles. The fourth-order valence-corrected chi connectivity index (χ4v) is 7.95. The number of unbranched alkanes of at least 4 members (excludes halogenated alkanes) is 24. The van der Waals surface area contributed by atoms with Crippen LogP contribution >= 0.6 is 0 Å². The van der Waals surface area contributed by atoms with Crippen LogP contribution < -0.4 is 16.0 Å². The van der Waals surface area contributed by atoms with Gasteiger partial charge in [0.2, 0.25) is 0 Å². The molecule has 0 aliphatic heterocycles. The van der Waals surface area contributed by atoms with Crippen molar-refractivity contribution in [2.45, 2.75) is 251 Å². The van der Waals surface area contributed by atoms with E-state index in [2.05, 4.69) is 52.7 Å². The molecule has 360 valence electrons. The Labute approximate surface area is 378 Å². The molecule has 0 radical (unpaired) electrons. The number of hydrogen-bond donors (Lipinski definition) is 3. The molecular weight excluding hydrogens is 761 g/mol. The van der Waals surface area contributed by atoms with E-state index in [1.165, 1.54) is 135 Å². The van der Waals surface area contributed by atoms with Gasteiger partial charge in [-0.3, -0.25) is 25.5 Å². The van der Waals surface area contributed by atoms with Crippen LogP contribution in [0.2, 0.25) is 0 Å². The number of nitrogens with one attached hydrogen (secondary N) is 3. The van der Waals surface area contributed by atoms with Gasteiger partial charge in [0.25, 0.3) is 0 Å². The van der Waals surface area contributed by atoms with E-state index >= 15 is 0 Å². The lowest BCUT2D eigenvalue weighted by atomic mass is 10.0. The summed E-state index contributed by atoms with van der Waals surface area (Å²) in [6.45, 7) is 13.1. The maximum Gasteiger partial charge on any atom is 0.306 e. The van der Waals surface area contributed by atoms with Crippen molar-refractivity contribution in [2.75, 3.05) is 60.0 Å². The average molecular weight is 863 g/mol. The number of carbonyl (C=O) groups excluding carboxylic acids is 2. The molecule has 61 heavy (non-hydrogen) atoms. The van der Waals surface area contributed by atoms with Crippen LogP contribution in [0, 0.1) is 11.5 Å². The smallest absolute Gasteiger partial charge is 0.306 e. The third kappa shape index (κ3) is 44.5. The first-order chi connectivity index (χ1) is 29.9. The van der Waals surface area contributed by atoms with E-state index in [0.717, 1.165) is 110 Å². The highest BCUT2D eigenvalue weighted by atomic mass is 16.5. The molecule has 0 spiro atoms. The van der Waals surface area contributed by atoms with Gasteiger partial charge in [0.05, 0.1) is 6.61 Å². The number of hydrogen-bond acceptors (Lipinski definition) is 10. The fourth-order valence-electron chi connectivity index (χ4n) is 7.95. The van der Waals surface area contributed by atoms with Gasteiger partial charge in [-0.25, -0.2) is 0 Å². The Morgan fingerprint density at radius 2 is 0.934 bits per heavy atom. The Hall–Kier alpha value is -1.93. The number of rotatable bonds is 49. The Morgan fingerprint density at radius 1 is 0.508 bits per heavy atom. The Balaban J connectivity index is 4.60. The molecule has 0 fully saturated rings. The molecule has 0 aliphatic carbocycles. The van der Waals surface area contributed by atoms with E-state index in [9.17, 15) is 14.9 Å². The predicted molar refractivity (Wildman–Crippen MR) is 258 cm³/mol. The monoisotopic (exact) mass is 863 g/mol. The van der Waals surface area contributed by atoms with E-state index in [1.54, 1.807) is 0 Å². The predicted octanol–water partition coefficient (Wildman–Crippen LogP) is 12.2. The van der Waals surface area contributed by atoms with Gasteiger partial charge in [-0.05, 0) is 104 Å². The number of nitriles is 1. The van der Waals surface area contributed by atoms with Gasteiger partial charge in [0, 0.05) is 25.9 Å². The summed E-state index contributed by atoms with van der Waals surface area (Å²) in [4.78, 5) is 29.8. The minimum absolute atomic E-state index is 0.0144. The summed E-state index contributed by atoms with van der Waals surface area (Å²) in [6.07, 6.45) is 41.1. The zero-order valence-electron chi connectivity index (χ0n) is 41.1. The maximum atomic E-state index is 12.9. The molecule has 0 aromatic carbocycles. The van der Waals surface area contributed by atoms with Crippen molar-refractivity contribution in [1.82, 2.24) is 25.8 Å². The van der Waals surface area contributed by atoms with Gasteiger partial charge in [-0.15, -0.1) is 0 Å². The van der Waals surface area contributed by atoms with Crippen LogP contribution in [0.15, 0.2) is 0 Å². The third-order valence-corrected chi connectivity index (χ3v) is 11.9. The summed E-state index contributed by atoms with van der Waals surface area (Å²) in [5.41, 5.74) is 0. The second-order valence-corrected chi connectivity index (χ2v) is 18.2. The molecule has 3 N–H and O–H groups in total. The largest absolute Gasteiger partial charge is 0.466 e. The fraction of sp³-hybridized carbons (Fsp3) is 0.941. The lowest BCUT2D eigenvalue weighted by Crippen LogP contribution is -2.52. The van der Waals surface area contributed by atoms with Gasteiger partial charge in [0.15, 0.2) is 6.19 Å². The molecule has 0 bridgehead atoms. The second-order valence-electron chi connectivity index (χ2n) is 18.2. The molecule has 1 atom stereocenters. The second kappa shape index (κ2) is 47.5. The minimum Gasteiger partial charge on any atom is -0.466 e. The molecule has 0 aliphatic rings. The number of likely N-dealkylation sites (N-methyl/N-ethyl adjacent to an activating group) is 1. The topological polar surface area (TPSA) is 119 Å². The van der Waals surface area contributed by atoms with Crippen LogP contribution in [0.25, 0.3) is 0 Å². The van der Waals surface area contributed by atoms with Gasteiger partial charge < -0.3 is 19.3 Å². The highest BCUT2D eigenvalue weighted by molar-refractivity contribution is 5.69. The van der Waals surface area contributed by atoms with Crippen molar-refractivity contribution in [3.63, 3.8) is 0 Å². The van der Waals surface area contributed by atoms with Crippen molar-refractivity contribution in [3.05, 3.63) is 0 Å². The Bertz CT molecular complexity index is 963. The van der Waals surface area contributed by atoms with E-state index in [4.69, 9.17) is 9.47 Å². The summed E-state index contributed by atoms with van der Waals surface area (Å²) < 4.78 is 11.6. The molecule has 0 saturated carbocycles. The molecule has 0 amide bonds. The maximum absolute atomic E-state index is 12.9. The number of nitrogens with zero attached hydrogens (tertiary/aromatic N) is 3. The number of carbonyl (C=O) groups is 2. The van der Waals surface area contributed by atoms with Crippen molar-refractivity contribution in [3.8, 4) is 6.19 Å². The van der Waals surface area contributed by atoms with Crippen LogP contribution in [0.4, 0.5) is 0 Å². The molecule has 0 aromatic rings. The van der Waals surface area contributed by atoms with Crippen molar-refractivity contribution in [1.29, 1.82) is 5.26 Å². The highest BCUT2D eigenvalue weighted by Gasteiger charge is 2.15. The first-order valence-electron chi connectivity index (χ1n) is 26.2. The number of ether oxygens (including phenoxy) is 2. The van der Waals surface area contributed by atoms with Crippen LogP contribution in [0.1, 0.15) is 239 Å². The minimum atomic E-state index is -0.222. The van der Waals surface area contributed by atoms with Gasteiger partial charge in [0.1, 0.15) is 12.4 Å². The Morgan fingerprint density at radius 3 is 1.44 bits per heavy atom. The SMILES string of the molecule is CCCCCCCCCOC(=O)CCCCCCCN(CCCCCCCC(=O)OC(CCCCCCCC)CCCCCCCC)CCCNC(NC#N)NCCN(C)C. The van der Waals surface area contributed by atoms with Crippen molar-refractivity contribution < 1.29 is 19.1 Å². The standard InChI is InChI=1S/C51H102N6O4/c1-6-9-12-15-18-27-34-46-60-49(58)38-30-23-19-25-32-42-57(44-35-40-53-51(55-47-52)54-41-45-56(4)5)43-33-26-20-24-31-39-50(59)61-48(36-28-21-16-13-10-7-2)37-29-22-17-14-11-8-3/h48,51,53-55H,6-46H2,1-5H3. The lowest BCUT2D eigenvalue weighted by Gasteiger charge is -2.24. The average Bonchev–Trinajstić information content (AvgIpc) is 3.24. The third-order valence-electron chi connectivity index (χ3n) is 11.9. The van der Waals surface area contributed by atoms with Gasteiger partial charge >= 0.3 is 11.9 Å². The molecule has 10 heteroatoms.